The normalized spacial score (nSPS) is 12.4. The van der Waals surface area contributed by atoms with E-state index in [1.807, 2.05) is 0 Å². The van der Waals surface area contributed by atoms with E-state index in [-0.39, 0.29) is 12.4 Å². The van der Waals surface area contributed by atoms with Gasteiger partial charge in [-0.3, -0.25) is 4.79 Å². The van der Waals surface area contributed by atoms with Crippen LogP contribution in [0.25, 0.3) is 0 Å². The first kappa shape index (κ1) is 16.4. The second kappa shape index (κ2) is 11.9. The number of aliphatic hydroxyl groups is 1. The predicted octanol–water partition coefficient (Wildman–Crippen LogP) is 3.44. The van der Waals surface area contributed by atoms with E-state index in [9.17, 15) is 9.90 Å². The zero-order valence-electron chi connectivity index (χ0n) is 11.4. The van der Waals surface area contributed by atoms with Gasteiger partial charge in [0.2, 0.25) is 0 Å². The van der Waals surface area contributed by atoms with Gasteiger partial charge in [-0.1, -0.05) is 51.9 Å². The van der Waals surface area contributed by atoms with Gasteiger partial charge in [-0.25, -0.2) is 0 Å². The van der Waals surface area contributed by atoms with E-state index in [1.165, 1.54) is 32.1 Å². The third-order valence-corrected chi connectivity index (χ3v) is 2.85. The summed E-state index contributed by atoms with van der Waals surface area (Å²) in [6.07, 6.45) is 8.95. The highest BCUT2D eigenvalue weighted by molar-refractivity contribution is 5.69. The van der Waals surface area contributed by atoms with E-state index in [2.05, 4.69) is 6.92 Å². The Balaban J connectivity index is 3.27. The van der Waals surface area contributed by atoms with E-state index in [4.69, 9.17) is 4.74 Å². The molecule has 3 heteroatoms. The Hall–Kier alpha value is -0.570. The van der Waals surface area contributed by atoms with Gasteiger partial charge in [-0.2, -0.15) is 0 Å². The molecule has 0 rings (SSSR count). The first-order chi connectivity index (χ1) is 8.20. The number of esters is 1. The molecule has 0 aliphatic rings. The molecule has 102 valence electrons. The van der Waals surface area contributed by atoms with Gasteiger partial charge < -0.3 is 9.84 Å². The highest BCUT2D eigenvalue weighted by Gasteiger charge is 2.10. The zero-order valence-corrected chi connectivity index (χ0v) is 11.4. The van der Waals surface area contributed by atoms with Crippen molar-refractivity contribution in [3.05, 3.63) is 0 Å². The van der Waals surface area contributed by atoms with Crippen LogP contribution < -0.4 is 0 Å². The van der Waals surface area contributed by atoms with Crippen molar-refractivity contribution < 1.29 is 14.6 Å². The maximum Gasteiger partial charge on any atom is 0.308 e. The Morgan fingerprint density at radius 3 is 2.24 bits per heavy atom. The van der Waals surface area contributed by atoms with Crippen molar-refractivity contribution in [3.63, 3.8) is 0 Å². The van der Waals surface area contributed by atoms with E-state index >= 15 is 0 Å². The molecule has 0 saturated carbocycles. The molecule has 0 aromatic rings. The fourth-order valence-electron chi connectivity index (χ4n) is 1.85. The third kappa shape index (κ3) is 11.7. The fourth-order valence-corrected chi connectivity index (χ4v) is 1.85. The van der Waals surface area contributed by atoms with Crippen molar-refractivity contribution in [2.75, 3.05) is 6.61 Å². The summed E-state index contributed by atoms with van der Waals surface area (Å²) >= 11 is 0. The lowest BCUT2D eigenvalue weighted by Crippen LogP contribution is -2.15. The van der Waals surface area contributed by atoms with Crippen molar-refractivity contribution in [1.29, 1.82) is 0 Å². The topological polar surface area (TPSA) is 46.5 Å². The van der Waals surface area contributed by atoms with Crippen LogP contribution in [-0.2, 0) is 9.53 Å². The smallest absolute Gasteiger partial charge is 0.308 e. The summed E-state index contributed by atoms with van der Waals surface area (Å²) in [6.45, 7) is 4.38. The van der Waals surface area contributed by atoms with Gasteiger partial charge in [0.25, 0.3) is 0 Å². The van der Waals surface area contributed by atoms with Gasteiger partial charge in [0.15, 0.2) is 0 Å². The lowest BCUT2D eigenvalue weighted by Gasteiger charge is -2.09. The van der Waals surface area contributed by atoms with Crippen LogP contribution in [0.1, 0.15) is 71.6 Å². The number of rotatable bonds is 11. The van der Waals surface area contributed by atoms with Gasteiger partial charge in [0.05, 0.1) is 19.1 Å². The van der Waals surface area contributed by atoms with E-state index in [1.54, 1.807) is 6.92 Å². The first-order valence-electron chi connectivity index (χ1n) is 7.04. The Kier molecular flexibility index (Phi) is 11.5. The second-order valence-electron chi connectivity index (χ2n) is 4.57. The minimum Gasteiger partial charge on any atom is -0.466 e. The molecule has 0 unspecified atom stereocenters. The number of carbonyl (C=O) groups excluding carboxylic acids is 1. The number of ether oxygens (including phenoxy) is 1. The molecule has 0 fully saturated rings. The zero-order chi connectivity index (χ0) is 12.9. The molecule has 0 spiro atoms. The molecule has 0 bridgehead atoms. The van der Waals surface area contributed by atoms with Crippen molar-refractivity contribution in [2.45, 2.75) is 77.7 Å². The highest BCUT2D eigenvalue weighted by Crippen LogP contribution is 2.11. The number of hydrogen-bond acceptors (Lipinski definition) is 3. The highest BCUT2D eigenvalue weighted by atomic mass is 16.5. The Bertz CT molecular complexity index is 180. The average molecular weight is 244 g/mol. The summed E-state index contributed by atoms with van der Waals surface area (Å²) in [5.74, 6) is -0.289. The minimum absolute atomic E-state index is 0.143. The Morgan fingerprint density at radius 2 is 1.65 bits per heavy atom. The molecule has 0 aliphatic heterocycles. The monoisotopic (exact) mass is 244 g/mol. The molecule has 0 radical (unpaired) electrons. The van der Waals surface area contributed by atoms with Crippen LogP contribution in [0.5, 0.6) is 0 Å². The van der Waals surface area contributed by atoms with Crippen LogP contribution in [0.15, 0.2) is 0 Å². The number of hydrogen-bond donors (Lipinski definition) is 1. The number of carbonyl (C=O) groups is 1. The fraction of sp³-hybridized carbons (Fsp3) is 0.929. The summed E-state index contributed by atoms with van der Waals surface area (Å²) in [6, 6.07) is 0. The molecule has 3 nitrogen and oxygen atoms in total. The van der Waals surface area contributed by atoms with Crippen molar-refractivity contribution >= 4 is 5.97 Å². The summed E-state index contributed by atoms with van der Waals surface area (Å²) in [4.78, 5) is 11.1. The van der Waals surface area contributed by atoms with Crippen LogP contribution in [0, 0.1) is 0 Å². The summed E-state index contributed by atoms with van der Waals surface area (Å²) in [5.41, 5.74) is 0. The maximum absolute atomic E-state index is 11.1. The minimum atomic E-state index is -0.523. The van der Waals surface area contributed by atoms with E-state index in [0.717, 1.165) is 12.8 Å². The average Bonchev–Trinajstić information content (AvgIpc) is 2.28. The van der Waals surface area contributed by atoms with Gasteiger partial charge in [0, 0.05) is 0 Å². The molecule has 0 aliphatic carbocycles. The SMILES string of the molecule is CCCCCCCCC[C@@H](O)CC(=O)OCC. The first-order valence-corrected chi connectivity index (χ1v) is 7.04. The predicted molar refractivity (Wildman–Crippen MR) is 69.9 cm³/mol. The van der Waals surface area contributed by atoms with Crippen molar-refractivity contribution in [2.24, 2.45) is 0 Å². The molecule has 1 N–H and O–H groups in total. The quantitative estimate of drug-likeness (QED) is 0.447. The van der Waals surface area contributed by atoms with Gasteiger partial charge in [0.1, 0.15) is 0 Å². The standard InChI is InChI=1S/C14H28O3/c1-3-5-6-7-8-9-10-11-13(15)12-14(16)17-4-2/h13,15H,3-12H2,1-2H3/t13-/m1/s1. The maximum atomic E-state index is 11.1. The molecule has 0 aromatic carbocycles. The van der Waals surface area contributed by atoms with Crippen LogP contribution in [0.3, 0.4) is 0 Å². The summed E-state index contributed by atoms with van der Waals surface area (Å²) in [5, 5.41) is 9.59. The largest absolute Gasteiger partial charge is 0.466 e. The van der Waals surface area contributed by atoms with Crippen LogP contribution in [0.2, 0.25) is 0 Å². The lowest BCUT2D eigenvalue weighted by atomic mass is 10.1. The molecule has 0 heterocycles. The summed E-state index contributed by atoms with van der Waals surface area (Å²) in [7, 11) is 0. The third-order valence-electron chi connectivity index (χ3n) is 2.85. The molecule has 0 saturated heterocycles. The molecular formula is C14H28O3. The molecule has 1 atom stereocenters. The van der Waals surface area contributed by atoms with Crippen LogP contribution >= 0.6 is 0 Å². The summed E-state index contributed by atoms with van der Waals surface area (Å²) < 4.78 is 4.79. The number of unbranched alkanes of at least 4 members (excludes halogenated alkanes) is 6. The van der Waals surface area contributed by atoms with Crippen LogP contribution in [-0.4, -0.2) is 23.8 Å². The van der Waals surface area contributed by atoms with Crippen molar-refractivity contribution in [1.82, 2.24) is 0 Å². The Morgan fingerprint density at radius 1 is 1.06 bits per heavy atom. The lowest BCUT2D eigenvalue weighted by molar-refractivity contribution is -0.145. The Labute approximate surface area is 106 Å². The van der Waals surface area contributed by atoms with Gasteiger partial charge >= 0.3 is 5.97 Å². The van der Waals surface area contributed by atoms with Crippen LogP contribution in [0.4, 0.5) is 0 Å². The van der Waals surface area contributed by atoms with E-state index < -0.39 is 6.10 Å². The van der Waals surface area contributed by atoms with Crippen molar-refractivity contribution in [3.8, 4) is 0 Å². The molecule has 0 amide bonds. The number of aliphatic hydroxyl groups excluding tert-OH is 1. The molecule has 17 heavy (non-hydrogen) atoms. The van der Waals surface area contributed by atoms with Gasteiger partial charge in [-0.05, 0) is 13.3 Å². The second-order valence-corrected chi connectivity index (χ2v) is 4.57. The molecule has 0 aromatic heterocycles. The van der Waals surface area contributed by atoms with Gasteiger partial charge in [-0.15, -0.1) is 0 Å². The van der Waals surface area contributed by atoms with E-state index in [0.29, 0.717) is 13.0 Å². The molecular weight excluding hydrogens is 216 g/mol.